The van der Waals surface area contributed by atoms with Gasteiger partial charge in [0, 0.05) is 6.61 Å². The Balaban J connectivity index is 3.71. The first kappa shape index (κ1) is 52.8. The molecule has 1 atom stereocenters. The molecular weight excluding hydrogens is 653 g/mol. The summed E-state index contributed by atoms with van der Waals surface area (Å²) in [6.45, 7) is 4.55. The van der Waals surface area contributed by atoms with Gasteiger partial charge in [-0.05, 0) is 12.8 Å². The van der Waals surface area contributed by atoms with Crippen molar-refractivity contribution < 1.29 is 20.1 Å². The molecule has 0 aromatic heterocycles. The Labute approximate surface area is 334 Å². The second-order valence-corrected chi connectivity index (χ2v) is 17.4. The molecule has 0 aromatic rings. The van der Waals surface area contributed by atoms with Crippen molar-refractivity contribution in [3.05, 3.63) is 0 Å². The minimum atomic E-state index is -0.943. The Kier molecular flexibility index (Phi) is 44.4. The van der Waals surface area contributed by atoms with E-state index in [2.05, 4.69) is 13.8 Å². The molecule has 0 aromatic carbocycles. The van der Waals surface area contributed by atoms with Gasteiger partial charge in [0.05, 0.1) is 31.3 Å². The molecule has 320 valence electrons. The highest BCUT2D eigenvalue weighted by molar-refractivity contribution is 4.86. The molecule has 0 aliphatic heterocycles. The molecule has 4 nitrogen and oxygen atoms in total. The van der Waals surface area contributed by atoms with Crippen molar-refractivity contribution in [2.24, 2.45) is 5.41 Å². The Hall–Kier alpha value is -0.160. The highest BCUT2D eigenvalue weighted by Gasteiger charge is 2.38. The molecule has 0 rings (SSSR count). The molecule has 0 saturated carbocycles. The molecular formula is C49H100O4. The summed E-state index contributed by atoms with van der Waals surface area (Å²) in [4.78, 5) is 0. The molecule has 0 spiro atoms. The third-order valence-corrected chi connectivity index (χ3v) is 12.3. The second-order valence-electron chi connectivity index (χ2n) is 17.4. The maximum absolute atomic E-state index is 10.1. The first-order chi connectivity index (χ1) is 26.2. The minimum absolute atomic E-state index is 0.233. The number of aliphatic hydroxyl groups is 3. The van der Waals surface area contributed by atoms with Crippen LogP contribution in [0.3, 0.4) is 0 Å². The van der Waals surface area contributed by atoms with Gasteiger partial charge in [0.15, 0.2) is 0 Å². The van der Waals surface area contributed by atoms with Crippen molar-refractivity contribution >= 4 is 0 Å². The molecule has 4 heteroatoms. The third kappa shape index (κ3) is 36.0. The summed E-state index contributed by atoms with van der Waals surface area (Å²) < 4.78 is 6.28. The summed E-state index contributed by atoms with van der Waals surface area (Å²) in [6, 6.07) is 0. The molecule has 0 aliphatic rings. The maximum Gasteiger partial charge on any atom is 0.0697 e. The molecule has 0 aliphatic carbocycles. The Morgan fingerprint density at radius 1 is 0.302 bits per heavy atom. The van der Waals surface area contributed by atoms with Crippen molar-refractivity contribution in [1.29, 1.82) is 0 Å². The fourth-order valence-corrected chi connectivity index (χ4v) is 8.19. The second kappa shape index (κ2) is 44.6. The van der Waals surface area contributed by atoms with E-state index < -0.39 is 5.41 Å². The molecule has 1 unspecified atom stereocenters. The quantitative estimate of drug-likeness (QED) is 0.0541. The molecule has 0 amide bonds. The summed E-state index contributed by atoms with van der Waals surface area (Å²) in [5, 5.41) is 30.3. The van der Waals surface area contributed by atoms with E-state index in [-0.39, 0.29) is 25.9 Å². The lowest BCUT2D eigenvalue weighted by Crippen LogP contribution is -2.46. The smallest absolute Gasteiger partial charge is 0.0697 e. The third-order valence-electron chi connectivity index (χ3n) is 12.3. The lowest BCUT2D eigenvalue weighted by Gasteiger charge is -2.36. The highest BCUT2D eigenvalue weighted by atomic mass is 16.5. The predicted molar refractivity (Wildman–Crippen MR) is 234 cm³/mol. The number of hydrogen-bond acceptors (Lipinski definition) is 4. The van der Waals surface area contributed by atoms with Crippen molar-refractivity contribution in [2.75, 3.05) is 26.4 Å². The van der Waals surface area contributed by atoms with Gasteiger partial charge in [0.1, 0.15) is 0 Å². The Bertz CT molecular complexity index is 642. The fraction of sp³-hybridized carbons (Fsp3) is 1.00. The van der Waals surface area contributed by atoms with Crippen molar-refractivity contribution in [2.45, 2.75) is 283 Å². The van der Waals surface area contributed by atoms with E-state index in [4.69, 9.17) is 4.74 Å². The molecule has 0 radical (unpaired) electrons. The zero-order valence-corrected chi connectivity index (χ0v) is 36.6. The van der Waals surface area contributed by atoms with Crippen LogP contribution in [-0.2, 0) is 4.74 Å². The van der Waals surface area contributed by atoms with Gasteiger partial charge in [-0.15, -0.1) is 0 Å². The molecule has 3 N–H and O–H groups in total. The normalized spacial score (nSPS) is 12.6. The van der Waals surface area contributed by atoms with Gasteiger partial charge in [0.25, 0.3) is 0 Å². The Morgan fingerprint density at radius 3 is 0.736 bits per heavy atom. The predicted octanol–water partition coefficient (Wildman–Crippen LogP) is 15.4. The van der Waals surface area contributed by atoms with E-state index in [0.29, 0.717) is 6.61 Å². The van der Waals surface area contributed by atoms with Gasteiger partial charge in [-0.25, -0.2) is 0 Å². The van der Waals surface area contributed by atoms with E-state index in [0.717, 1.165) is 25.7 Å². The monoisotopic (exact) mass is 753 g/mol. The Morgan fingerprint density at radius 2 is 0.509 bits per heavy atom. The summed E-state index contributed by atoms with van der Waals surface area (Å²) in [6.07, 6.45) is 55.4. The fourth-order valence-electron chi connectivity index (χ4n) is 8.19. The summed E-state index contributed by atoms with van der Waals surface area (Å²) in [5.41, 5.74) is -0.943. The summed E-state index contributed by atoms with van der Waals surface area (Å²) in [5.74, 6) is 0. The lowest BCUT2D eigenvalue weighted by atomic mass is 9.81. The summed E-state index contributed by atoms with van der Waals surface area (Å²) in [7, 11) is 0. The average molecular weight is 753 g/mol. The van der Waals surface area contributed by atoms with E-state index in [1.807, 2.05) is 0 Å². The van der Waals surface area contributed by atoms with Gasteiger partial charge in [0.2, 0.25) is 0 Å². The SMILES string of the molecule is CCCCCCCCCCCCCCCCCCCCCCOC(CCCCCCCCCCCCCCCCCCCCCC)C(CO)(CO)CO. The van der Waals surface area contributed by atoms with Crippen molar-refractivity contribution in [3.8, 4) is 0 Å². The maximum atomic E-state index is 10.1. The van der Waals surface area contributed by atoms with Crippen molar-refractivity contribution in [1.82, 2.24) is 0 Å². The molecule has 0 bridgehead atoms. The standard InChI is InChI=1S/C49H100O4/c1-3-5-7-9-11-13-15-17-19-21-23-25-27-29-31-33-35-37-39-41-43-48(49(45-50,46-51)47-52)53-44-42-40-38-36-34-32-30-28-26-24-22-20-18-16-14-12-10-8-6-4-2/h48,50-52H,3-47H2,1-2H3. The summed E-state index contributed by atoms with van der Waals surface area (Å²) >= 11 is 0. The number of unbranched alkanes of at least 4 members (excludes halogenated alkanes) is 38. The van der Waals surface area contributed by atoms with Crippen LogP contribution in [0.4, 0.5) is 0 Å². The van der Waals surface area contributed by atoms with Gasteiger partial charge < -0.3 is 20.1 Å². The van der Waals surface area contributed by atoms with E-state index in [9.17, 15) is 15.3 Å². The molecule has 0 heterocycles. The van der Waals surface area contributed by atoms with Crippen LogP contribution in [0.1, 0.15) is 277 Å². The lowest BCUT2D eigenvalue weighted by molar-refractivity contribution is -0.117. The van der Waals surface area contributed by atoms with Crippen LogP contribution >= 0.6 is 0 Å². The highest BCUT2D eigenvalue weighted by Crippen LogP contribution is 2.28. The minimum Gasteiger partial charge on any atom is -0.396 e. The number of rotatable bonds is 47. The van der Waals surface area contributed by atoms with E-state index >= 15 is 0 Å². The van der Waals surface area contributed by atoms with Crippen LogP contribution < -0.4 is 0 Å². The first-order valence-electron chi connectivity index (χ1n) is 24.6. The number of hydrogen-bond donors (Lipinski definition) is 3. The van der Waals surface area contributed by atoms with Crippen molar-refractivity contribution in [3.63, 3.8) is 0 Å². The molecule has 0 saturated heterocycles. The topological polar surface area (TPSA) is 69.9 Å². The van der Waals surface area contributed by atoms with Crippen LogP contribution in [0.2, 0.25) is 0 Å². The number of ether oxygens (including phenoxy) is 1. The van der Waals surface area contributed by atoms with Crippen LogP contribution in [0.15, 0.2) is 0 Å². The largest absolute Gasteiger partial charge is 0.396 e. The molecule has 0 fully saturated rings. The van der Waals surface area contributed by atoms with Gasteiger partial charge in [-0.2, -0.15) is 0 Å². The van der Waals surface area contributed by atoms with Crippen LogP contribution in [0, 0.1) is 5.41 Å². The zero-order valence-electron chi connectivity index (χ0n) is 36.6. The number of aliphatic hydroxyl groups excluding tert-OH is 3. The van der Waals surface area contributed by atoms with E-state index in [1.165, 1.54) is 238 Å². The van der Waals surface area contributed by atoms with Gasteiger partial charge in [-0.3, -0.25) is 0 Å². The van der Waals surface area contributed by atoms with Crippen LogP contribution in [0.25, 0.3) is 0 Å². The molecule has 53 heavy (non-hydrogen) atoms. The van der Waals surface area contributed by atoms with Gasteiger partial charge in [-0.1, -0.05) is 264 Å². The average Bonchev–Trinajstić information content (AvgIpc) is 3.18. The van der Waals surface area contributed by atoms with E-state index in [1.54, 1.807) is 0 Å². The first-order valence-corrected chi connectivity index (χ1v) is 24.6. The van der Waals surface area contributed by atoms with Gasteiger partial charge >= 0.3 is 0 Å². The zero-order chi connectivity index (χ0) is 38.6. The van der Waals surface area contributed by atoms with Crippen LogP contribution in [-0.4, -0.2) is 47.9 Å². The van der Waals surface area contributed by atoms with Crippen LogP contribution in [0.5, 0.6) is 0 Å².